The second-order valence-corrected chi connectivity index (χ2v) is 7.11. The number of anilines is 1. The number of para-hydroxylation sites is 1. The van der Waals surface area contributed by atoms with Crippen LogP contribution in [-0.2, 0) is 22.1 Å². The molecule has 2 atom stereocenters. The molecule has 1 amide bonds. The summed E-state index contributed by atoms with van der Waals surface area (Å²) in [6.45, 7) is 6.43. The van der Waals surface area contributed by atoms with Crippen LogP contribution >= 0.6 is 0 Å². The third kappa shape index (κ3) is 5.06. The molecule has 0 bridgehead atoms. The molecular formula is C15H24N2O2S. The maximum atomic E-state index is 12.0. The van der Waals surface area contributed by atoms with Crippen LogP contribution in [0.25, 0.3) is 0 Å². The van der Waals surface area contributed by atoms with Crippen LogP contribution in [0.15, 0.2) is 24.3 Å². The molecule has 0 heterocycles. The van der Waals surface area contributed by atoms with E-state index in [0.717, 1.165) is 11.3 Å². The third-order valence-corrected chi connectivity index (χ3v) is 5.38. The van der Waals surface area contributed by atoms with Crippen LogP contribution in [0.4, 0.5) is 5.69 Å². The van der Waals surface area contributed by atoms with Crippen molar-refractivity contribution >= 4 is 22.4 Å². The predicted octanol–water partition coefficient (Wildman–Crippen LogP) is 2.27. The molecule has 1 rings (SSSR count). The van der Waals surface area contributed by atoms with E-state index in [4.69, 9.17) is 5.73 Å². The highest BCUT2D eigenvalue weighted by molar-refractivity contribution is 7.85. The summed E-state index contributed by atoms with van der Waals surface area (Å²) in [4.78, 5) is 11.9. The molecule has 0 aliphatic heterocycles. The van der Waals surface area contributed by atoms with Crippen LogP contribution in [0.3, 0.4) is 0 Å². The minimum Gasteiger partial charge on any atom is -0.326 e. The van der Waals surface area contributed by atoms with Crippen LogP contribution in [0.1, 0.15) is 32.8 Å². The summed E-state index contributed by atoms with van der Waals surface area (Å²) in [6, 6.07) is 7.45. The molecule has 0 radical (unpaired) electrons. The van der Waals surface area contributed by atoms with E-state index in [2.05, 4.69) is 5.32 Å². The van der Waals surface area contributed by atoms with Crippen LogP contribution in [0, 0.1) is 5.92 Å². The standard InChI is InChI=1S/C15H24N2O2S/c1-11(2)12(3)20(19)9-8-15(18)17-14-7-5-4-6-13(14)10-16/h4-7,11-12H,8-10,16H2,1-3H3,(H,17,18). The normalized spacial score (nSPS) is 14.1. The van der Waals surface area contributed by atoms with Gasteiger partial charge in [-0.05, 0) is 17.5 Å². The molecule has 2 unspecified atom stereocenters. The first kappa shape index (κ1) is 16.9. The maximum Gasteiger partial charge on any atom is 0.225 e. The fraction of sp³-hybridized carbons (Fsp3) is 0.533. The molecule has 1 aromatic rings. The van der Waals surface area contributed by atoms with Crippen molar-refractivity contribution in [3.05, 3.63) is 29.8 Å². The molecule has 3 N–H and O–H groups in total. The molecule has 0 aliphatic carbocycles. The van der Waals surface area contributed by atoms with Gasteiger partial charge in [-0.1, -0.05) is 39.0 Å². The average Bonchev–Trinajstić information content (AvgIpc) is 2.44. The first-order valence-corrected chi connectivity index (χ1v) is 8.29. The zero-order chi connectivity index (χ0) is 15.1. The highest BCUT2D eigenvalue weighted by Gasteiger charge is 2.16. The number of hydrogen-bond acceptors (Lipinski definition) is 3. The van der Waals surface area contributed by atoms with Gasteiger partial charge in [-0.15, -0.1) is 0 Å². The van der Waals surface area contributed by atoms with Gasteiger partial charge in [0.15, 0.2) is 0 Å². The Kier molecular flexibility index (Phi) is 6.88. The molecule has 0 saturated heterocycles. The fourth-order valence-corrected chi connectivity index (χ4v) is 3.08. The van der Waals surface area contributed by atoms with Crippen molar-refractivity contribution in [3.8, 4) is 0 Å². The highest BCUT2D eigenvalue weighted by atomic mass is 32.2. The molecule has 0 aliphatic rings. The average molecular weight is 296 g/mol. The number of benzene rings is 1. The van der Waals surface area contributed by atoms with Gasteiger partial charge in [0.2, 0.25) is 5.91 Å². The SMILES string of the molecule is CC(C)C(C)S(=O)CCC(=O)Nc1ccccc1CN. The molecule has 5 heteroatoms. The highest BCUT2D eigenvalue weighted by Crippen LogP contribution is 2.15. The zero-order valence-electron chi connectivity index (χ0n) is 12.4. The van der Waals surface area contributed by atoms with Crippen LogP contribution in [0.5, 0.6) is 0 Å². The van der Waals surface area contributed by atoms with E-state index in [1.54, 1.807) is 0 Å². The Morgan fingerprint density at radius 1 is 1.30 bits per heavy atom. The van der Waals surface area contributed by atoms with Gasteiger partial charge in [0, 0.05) is 40.5 Å². The van der Waals surface area contributed by atoms with Gasteiger partial charge in [-0.25, -0.2) is 0 Å². The molecule has 0 spiro atoms. The Hall–Kier alpha value is -1.20. The molecule has 20 heavy (non-hydrogen) atoms. The smallest absolute Gasteiger partial charge is 0.225 e. The summed E-state index contributed by atoms with van der Waals surface area (Å²) in [5.74, 6) is 0.641. The Morgan fingerprint density at radius 3 is 2.55 bits per heavy atom. The largest absolute Gasteiger partial charge is 0.326 e. The van der Waals surface area contributed by atoms with Crippen molar-refractivity contribution in [1.29, 1.82) is 0 Å². The van der Waals surface area contributed by atoms with E-state index in [-0.39, 0.29) is 17.6 Å². The van der Waals surface area contributed by atoms with Crippen molar-refractivity contribution in [1.82, 2.24) is 0 Å². The van der Waals surface area contributed by atoms with Crippen LogP contribution < -0.4 is 11.1 Å². The van der Waals surface area contributed by atoms with E-state index in [9.17, 15) is 9.00 Å². The topological polar surface area (TPSA) is 72.2 Å². The summed E-state index contributed by atoms with van der Waals surface area (Å²) in [7, 11) is -0.966. The van der Waals surface area contributed by atoms with Crippen LogP contribution in [0.2, 0.25) is 0 Å². The maximum absolute atomic E-state index is 12.0. The zero-order valence-corrected chi connectivity index (χ0v) is 13.2. The van der Waals surface area contributed by atoms with Crippen molar-refractivity contribution in [2.75, 3.05) is 11.1 Å². The van der Waals surface area contributed by atoms with Gasteiger partial charge in [-0.3, -0.25) is 9.00 Å². The van der Waals surface area contributed by atoms with Gasteiger partial charge >= 0.3 is 0 Å². The minimum atomic E-state index is -0.966. The van der Waals surface area contributed by atoms with Crippen molar-refractivity contribution in [2.24, 2.45) is 11.7 Å². The molecule has 0 fully saturated rings. The predicted molar refractivity (Wildman–Crippen MR) is 84.9 cm³/mol. The molecule has 112 valence electrons. The van der Waals surface area contributed by atoms with Crippen LogP contribution in [-0.4, -0.2) is 21.1 Å². The van der Waals surface area contributed by atoms with Gasteiger partial charge in [-0.2, -0.15) is 0 Å². The number of carbonyl (C=O) groups excluding carboxylic acids is 1. The number of carbonyl (C=O) groups is 1. The molecular weight excluding hydrogens is 272 g/mol. The first-order valence-electron chi connectivity index (χ1n) is 6.90. The molecule has 4 nitrogen and oxygen atoms in total. The molecule has 0 saturated carbocycles. The van der Waals surface area contributed by atoms with Gasteiger partial charge < -0.3 is 11.1 Å². The Morgan fingerprint density at radius 2 is 1.95 bits per heavy atom. The summed E-state index contributed by atoms with van der Waals surface area (Å²) in [6.07, 6.45) is 0.266. The monoisotopic (exact) mass is 296 g/mol. The minimum absolute atomic E-state index is 0.110. The molecule has 0 aromatic heterocycles. The van der Waals surface area contributed by atoms with Crippen molar-refractivity contribution < 1.29 is 9.00 Å². The van der Waals surface area contributed by atoms with E-state index in [0.29, 0.717) is 18.2 Å². The second kappa shape index (κ2) is 8.17. The second-order valence-electron chi connectivity index (χ2n) is 5.19. The lowest BCUT2D eigenvalue weighted by Crippen LogP contribution is -2.23. The Bertz CT molecular complexity index is 475. The summed E-state index contributed by atoms with van der Waals surface area (Å²) >= 11 is 0. The van der Waals surface area contributed by atoms with E-state index < -0.39 is 10.8 Å². The summed E-state index contributed by atoms with van der Waals surface area (Å²) in [5.41, 5.74) is 7.26. The van der Waals surface area contributed by atoms with E-state index in [1.165, 1.54) is 0 Å². The number of rotatable bonds is 7. The van der Waals surface area contributed by atoms with Gasteiger partial charge in [0.05, 0.1) is 0 Å². The van der Waals surface area contributed by atoms with Crippen molar-refractivity contribution in [2.45, 2.75) is 39.0 Å². The number of hydrogen-bond donors (Lipinski definition) is 2. The van der Waals surface area contributed by atoms with Gasteiger partial charge in [0.25, 0.3) is 0 Å². The van der Waals surface area contributed by atoms with E-state index in [1.807, 2.05) is 45.0 Å². The fourth-order valence-electron chi connectivity index (χ4n) is 1.72. The quantitative estimate of drug-likeness (QED) is 0.810. The molecule has 1 aromatic carbocycles. The Labute approximate surface area is 123 Å². The van der Waals surface area contributed by atoms with Gasteiger partial charge in [0.1, 0.15) is 0 Å². The van der Waals surface area contributed by atoms with E-state index >= 15 is 0 Å². The number of amides is 1. The number of nitrogens with two attached hydrogens (primary N) is 1. The third-order valence-electron chi connectivity index (χ3n) is 3.40. The number of nitrogens with one attached hydrogen (secondary N) is 1. The summed E-state index contributed by atoms with van der Waals surface area (Å²) < 4.78 is 12.0. The lowest BCUT2D eigenvalue weighted by molar-refractivity contribution is -0.115. The lowest BCUT2D eigenvalue weighted by atomic mass is 10.2. The first-order chi connectivity index (χ1) is 9.45. The summed E-state index contributed by atoms with van der Waals surface area (Å²) in [5, 5.41) is 2.94. The lowest BCUT2D eigenvalue weighted by Gasteiger charge is -2.15. The van der Waals surface area contributed by atoms with Crippen molar-refractivity contribution in [3.63, 3.8) is 0 Å². The Balaban J connectivity index is 2.50.